The molecule has 2 N–H and O–H groups in total. The number of pyridine rings is 1. The Kier molecular flexibility index (Phi) is 4.77. The average Bonchev–Trinajstić information content (AvgIpc) is 2.62. The second kappa shape index (κ2) is 6.39. The van der Waals surface area contributed by atoms with E-state index in [0.29, 0.717) is 4.99 Å². The number of carbonyl (C=O) groups is 1. The first kappa shape index (κ1) is 15.7. The van der Waals surface area contributed by atoms with Gasteiger partial charge in [-0.3, -0.25) is 9.78 Å². The van der Waals surface area contributed by atoms with Crippen LogP contribution in [0.4, 0.5) is 5.69 Å². The molecule has 1 aromatic rings. The Labute approximate surface area is 131 Å². The van der Waals surface area contributed by atoms with E-state index in [1.54, 1.807) is 6.92 Å². The zero-order valence-electron chi connectivity index (χ0n) is 12.8. The molecule has 1 aliphatic heterocycles. The molecular formula is C15H22N4OS. The zero-order chi connectivity index (χ0) is 15.6. The van der Waals surface area contributed by atoms with E-state index in [2.05, 4.69) is 9.88 Å². The average molecular weight is 306 g/mol. The molecule has 0 unspecified atom stereocenters. The summed E-state index contributed by atoms with van der Waals surface area (Å²) in [5, 5.41) is 0. The van der Waals surface area contributed by atoms with Gasteiger partial charge in [0.2, 0.25) is 5.91 Å². The minimum absolute atomic E-state index is 0.133. The van der Waals surface area contributed by atoms with Crippen molar-refractivity contribution in [3.8, 4) is 0 Å². The lowest BCUT2D eigenvalue weighted by molar-refractivity contribution is -0.128. The van der Waals surface area contributed by atoms with Gasteiger partial charge in [-0.15, -0.1) is 0 Å². The largest absolute Gasteiger partial charge is 0.389 e. The molecular weight excluding hydrogens is 284 g/mol. The molecule has 2 heterocycles. The number of rotatable bonds is 2. The molecule has 114 valence electrons. The predicted octanol–water partition coefficient (Wildman–Crippen LogP) is 1.39. The van der Waals surface area contributed by atoms with Gasteiger partial charge < -0.3 is 15.5 Å². The van der Waals surface area contributed by atoms with Crippen LogP contribution in [0.3, 0.4) is 0 Å². The van der Waals surface area contributed by atoms with Crippen molar-refractivity contribution in [3.05, 3.63) is 23.0 Å². The van der Waals surface area contributed by atoms with Crippen molar-refractivity contribution in [1.29, 1.82) is 0 Å². The molecule has 6 heteroatoms. The Hall–Kier alpha value is -1.69. The van der Waals surface area contributed by atoms with Crippen LogP contribution in [0.2, 0.25) is 0 Å². The fourth-order valence-electron chi connectivity index (χ4n) is 2.84. The highest BCUT2D eigenvalue weighted by atomic mass is 32.1. The van der Waals surface area contributed by atoms with E-state index in [4.69, 9.17) is 18.0 Å². The molecule has 0 aromatic carbocycles. The SMILES string of the molecule is CC(=O)N1CCCN(c2cc(C)nc(C)c2C(N)=S)CC1. The summed E-state index contributed by atoms with van der Waals surface area (Å²) in [6.07, 6.45) is 0.941. The van der Waals surface area contributed by atoms with Crippen LogP contribution >= 0.6 is 12.2 Å². The van der Waals surface area contributed by atoms with Crippen LogP contribution in [0.1, 0.15) is 30.3 Å². The summed E-state index contributed by atoms with van der Waals surface area (Å²) in [6, 6.07) is 2.03. The van der Waals surface area contributed by atoms with E-state index in [9.17, 15) is 4.79 Å². The number of nitrogens with zero attached hydrogens (tertiary/aromatic N) is 3. The number of aryl methyl sites for hydroxylation is 2. The number of hydrogen-bond donors (Lipinski definition) is 1. The maximum absolute atomic E-state index is 11.5. The zero-order valence-corrected chi connectivity index (χ0v) is 13.7. The molecule has 0 aliphatic carbocycles. The second-order valence-electron chi connectivity index (χ2n) is 5.45. The van der Waals surface area contributed by atoms with Crippen molar-refractivity contribution < 1.29 is 4.79 Å². The molecule has 2 rings (SSSR count). The summed E-state index contributed by atoms with van der Waals surface area (Å²) in [4.78, 5) is 20.5. The summed E-state index contributed by atoms with van der Waals surface area (Å²) in [5.74, 6) is 0.133. The smallest absolute Gasteiger partial charge is 0.219 e. The third-order valence-corrected chi connectivity index (χ3v) is 4.04. The van der Waals surface area contributed by atoms with Crippen molar-refractivity contribution in [2.45, 2.75) is 27.2 Å². The molecule has 0 saturated carbocycles. The molecule has 1 saturated heterocycles. The highest BCUT2D eigenvalue weighted by molar-refractivity contribution is 7.80. The van der Waals surface area contributed by atoms with Gasteiger partial charge in [-0.25, -0.2) is 0 Å². The van der Waals surface area contributed by atoms with E-state index in [1.807, 2.05) is 24.8 Å². The van der Waals surface area contributed by atoms with Gasteiger partial charge >= 0.3 is 0 Å². The number of anilines is 1. The Morgan fingerprint density at radius 3 is 2.62 bits per heavy atom. The van der Waals surface area contributed by atoms with Crippen molar-refractivity contribution in [1.82, 2.24) is 9.88 Å². The third kappa shape index (κ3) is 3.50. The number of aromatic nitrogens is 1. The Balaban J connectivity index is 2.33. The first-order chi connectivity index (χ1) is 9.90. The fourth-order valence-corrected chi connectivity index (χ4v) is 3.09. The summed E-state index contributed by atoms with van der Waals surface area (Å²) >= 11 is 5.19. The van der Waals surface area contributed by atoms with Crippen molar-refractivity contribution >= 4 is 28.8 Å². The van der Waals surface area contributed by atoms with Gasteiger partial charge in [0, 0.05) is 44.5 Å². The first-order valence-corrected chi connectivity index (χ1v) is 7.59. The van der Waals surface area contributed by atoms with Crippen LogP contribution in [0.25, 0.3) is 0 Å². The summed E-state index contributed by atoms with van der Waals surface area (Å²) < 4.78 is 0. The van der Waals surface area contributed by atoms with E-state index in [-0.39, 0.29) is 5.91 Å². The van der Waals surface area contributed by atoms with Crippen LogP contribution < -0.4 is 10.6 Å². The fraction of sp³-hybridized carbons (Fsp3) is 0.533. The van der Waals surface area contributed by atoms with Gasteiger partial charge in [0.1, 0.15) is 4.99 Å². The third-order valence-electron chi connectivity index (χ3n) is 3.84. The van der Waals surface area contributed by atoms with Crippen molar-refractivity contribution in [2.75, 3.05) is 31.1 Å². The number of carbonyl (C=O) groups excluding carboxylic acids is 1. The van der Waals surface area contributed by atoms with E-state index < -0.39 is 0 Å². The highest BCUT2D eigenvalue weighted by Crippen LogP contribution is 2.25. The minimum Gasteiger partial charge on any atom is -0.389 e. The van der Waals surface area contributed by atoms with Gasteiger partial charge in [-0.1, -0.05) is 12.2 Å². The molecule has 0 spiro atoms. The predicted molar refractivity (Wildman–Crippen MR) is 88.7 cm³/mol. The molecule has 1 aliphatic rings. The van der Waals surface area contributed by atoms with E-state index >= 15 is 0 Å². The summed E-state index contributed by atoms with van der Waals surface area (Å²) in [5.41, 5.74) is 9.60. The Bertz CT molecular complexity index is 573. The number of nitrogens with two attached hydrogens (primary N) is 1. The lowest BCUT2D eigenvalue weighted by Crippen LogP contribution is -2.34. The first-order valence-electron chi connectivity index (χ1n) is 7.18. The van der Waals surface area contributed by atoms with Gasteiger partial charge in [0.15, 0.2) is 0 Å². The van der Waals surface area contributed by atoms with Crippen LogP contribution in [0, 0.1) is 13.8 Å². The number of amides is 1. The molecule has 5 nitrogen and oxygen atoms in total. The Morgan fingerprint density at radius 1 is 1.29 bits per heavy atom. The van der Waals surface area contributed by atoms with Crippen LogP contribution in [-0.2, 0) is 4.79 Å². The molecule has 21 heavy (non-hydrogen) atoms. The standard InChI is InChI=1S/C15H22N4OS/c1-10-9-13(14(15(16)21)11(2)17-10)19-6-4-5-18(7-8-19)12(3)20/h9H,4-8H2,1-3H3,(H2,16,21). The Morgan fingerprint density at radius 2 is 2.00 bits per heavy atom. The van der Waals surface area contributed by atoms with Crippen LogP contribution in [0.15, 0.2) is 6.07 Å². The van der Waals surface area contributed by atoms with Crippen molar-refractivity contribution in [3.63, 3.8) is 0 Å². The van der Waals surface area contributed by atoms with E-state index in [1.165, 1.54) is 0 Å². The lowest BCUT2D eigenvalue weighted by Gasteiger charge is -2.26. The lowest BCUT2D eigenvalue weighted by atomic mass is 10.1. The van der Waals surface area contributed by atoms with Gasteiger partial charge in [-0.2, -0.15) is 0 Å². The topological polar surface area (TPSA) is 62.5 Å². The molecule has 0 radical (unpaired) electrons. The summed E-state index contributed by atoms with van der Waals surface area (Å²) in [6.45, 7) is 8.74. The number of thiocarbonyl (C=S) groups is 1. The quantitative estimate of drug-likeness (QED) is 0.837. The summed E-state index contributed by atoms with van der Waals surface area (Å²) in [7, 11) is 0. The molecule has 1 aromatic heterocycles. The van der Waals surface area contributed by atoms with E-state index in [0.717, 1.165) is 55.2 Å². The molecule has 1 fully saturated rings. The number of hydrogen-bond acceptors (Lipinski definition) is 4. The highest BCUT2D eigenvalue weighted by Gasteiger charge is 2.21. The molecule has 1 amide bonds. The maximum Gasteiger partial charge on any atom is 0.219 e. The van der Waals surface area contributed by atoms with Gasteiger partial charge in [0.05, 0.1) is 11.3 Å². The second-order valence-corrected chi connectivity index (χ2v) is 5.89. The molecule has 0 atom stereocenters. The van der Waals surface area contributed by atoms with Crippen LogP contribution in [0.5, 0.6) is 0 Å². The van der Waals surface area contributed by atoms with Gasteiger partial charge in [0.25, 0.3) is 0 Å². The maximum atomic E-state index is 11.5. The van der Waals surface area contributed by atoms with Gasteiger partial charge in [-0.05, 0) is 26.3 Å². The monoisotopic (exact) mass is 306 g/mol. The van der Waals surface area contributed by atoms with Crippen molar-refractivity contribution in [2.24, 2.45) is 5.73 Å². The molecule has 0 bridgehead atoms. The van der Waals surface area contributed by atoms with Crippen LogP contribution in [-0.4, -0.2) is 47.0 Å². The minimum atomic E-state index is 0.133. The normalized spacial score (nSPS) is 15.8.